The molecule has 25 heavy (non-hydrogen) atoms. The van der Waals surface area contributed by atoms with Gasteiger partial charge in [0.1, 0.15) is 0 Å². The van der Waals surface area contributed by atoms with Crippen molar-refractivity contribution in [3.05, 3.63) is 71.3 Å². The van der Waals surface area contributed by atoms with Gasteiger partial charge in [0.25, 0.3) is 0 Å². The molecule has 0 aromatic heterocycles. The zero-order valence-corrected chi connectivity index (χ0v) is 14.6. The van der Waals surface area contributed by atoms with Crippen molar-refractivity contribution in [3.63, 3.8) is 0 Å². The second-order valence-corrected chi connectivity index (χ2v) is 6.68. The second kappa shape index (κ2) is 7.97. The van der Waals surface area contributed by atoms with Crippen molar-refractivity contribution >= 4 is 11.8 Å². The van der Waals surface area contributed by atoms with E-state index in [2.05, 4.69) is 17.4 Å². The van der Waals surface area contributed by atoms with Crippen molar-refractivity contribution in [2.24, 2.45) is 5.92 Å². The van der Waals surface area contributed by atoms with E-state index in [1.165, 1.54) is 11.1 Å². The van der Waals surface area contributed by atoms with E-state index in [0.29, 0.717) is 26.1 Å². The number of nitrogens with zero attached hydrogens (tertiary/aromatic N) is 1. The number of nitrogens with one attached hydrogen (secondary N) is 1. The van der Waals surface area contributed by atoms with Crippen molar-refractivity contribution in [2.75, 3.05) is 13.1 Å². The monoisotopic (exact) mass is 336 g/mol. The molecule has 1 fully saturated rings. The minimum atomic E-state index is -0.242. The molecule has 1 saturated heterocycles. The summed E-state index contributed by atoms with van der Waals surface area (Å²) in [6.45, 7) is 3.74. The van der Waals surface area contributed by atoms with Gasteiger partial charge < -0.3 is 10.2 Å². The summed E-state index contributed by atoms with van der Waals surface area (Å²) in [5.74, 6) is -0.198. The largest absolute Gasteiger partial charge is 0.352 e. The third-order valence-electron chi connectivity index (χ3n) is 4.69. The van der Waals surface area contributed by atoms with E-state index in [4.69, 9.17) is 0 Å². The Morgan fingerprint density at radius 3 is 2.52 bits per heavy atom. The molecule has 4 nitrogen and oxygen atoms in total. The predicted molar refractivity (Wildman–Crippen MR) is 97.9 cm³/mol. The van der Waals surface area contributed by atoms with Crippen LogP contribution in [0.5, 0.6) is 0 Å². The smallest absolute Gasteiger partial charge is 0.225 e. The summed E-state index contributed by atoms with van der Waals surface area (Å²) in [6, 6.07) is 18.2. The van der Waals surface area contributed by atoms with Crippen LogP contribution in [0.15, 0.2) is 54.6 Å². The first-order valence-corrected chi connectivity index (χ1v) is 8.77. The van der Waals surface area contributed by atoms with Gasteiger partial charge in [-0.25, -0.2) is 0 Å². The molecular formula is C21H24N2O2. The molecule has 0 spiro atoms. The molecule has 0 bridgehead atoms. The molecule has 1 N–H and O–H groups in total. The lowest BCUT2D eigenvalue weighted by molar-refractivity contribution is -0.129. The first-order valence-electron chi connectivity index (χ1n) is 8.77. The molecule has 0 radical (unpaired) electrons. The molecule has 1 heterocycles. The number of hydrogen-bond acceptors (Lipinski definition) is 2. The second-order valence-electron chi connectivity index (χ2n) is 6.68. The molecule has 0 aliphatic carbocycles. The van der Waals surface area contributed by atoms with E-state index in [1.54, 1.807) is 0 Å². The molecule has 130 valence electrons. The quantitative estimate of drug-likeness (QED) is 0.882. The summed E-state index contributed by atoms with van der Waals surface area (Å²) in [6.07, 6.45) is 1.14. The first kappa shape index (κ1) is 17.2. The summed E-state index contributed by atoms with van der Waals surface area (Å²) < 4.78 is 0. The number of amides is 2. The molecule has 1 aliphatic heterocycles. The average molecular weight is 336 g/mol. The van der Waals surface area contributed by atoms with Gasteiger partial charge in [0, 0.05) is 26.1 Å². The van der Waals surface area contributed by atoms with Crippen LogP contribution in [0.4, 0.5) is 0 Å². The van der Waals surface area contributed by atoms with Gasteiger partial charge in [-0.2, -0.15) is 0 Å². The standard InChI is InChI=1S/C21H24N2O2/c1-16-7-9-18(10-8-16)14-22-21(25)19-13-20(24)23(15-19)12-11-17-5-3-2-4-6-17/h2-10,19H,11-15H2,1H3,(H,22,25). The Kier molecular flexibility index (Phi) is 5.49. The predicted octanol–water partition coefficient (Wildman–Crippen LogP) is 2.70. The van der Waals surface area contributed by atoms with Crippen LogP contribution in [0.1, 0.15) is 23.1 Å². The van der Waals surface area contributed by atoms with Crippen LogP contribution in [0, 0.1) is 12.8 Å². The first-order chi connectivity index (χ1) is 12.1. The highest BCUT2D eigenvalue weighted by Crippen LogP contribution is 2.18. The Morgan fingerprint density at radius 1 is 1.08 bits per heavy atom. The topological polar surface area (TPSA) is 49.4 Å². The summed E-state index contributed by atoms with van der Waals surface area (Å²) >= 11 is 0. The third-order valence-corrected chi connectivity index (χ3v) is 4.69. The molecule has 1 unspecified atom stereocenters. The Balaban J connectivity index is 1.47. The molecule has 1 aliphatic rings. The van der Waals surface area contributed by atoms with Gasteiger partial charge in [0.2, 0.25) is 11.8 Å². The number of rotatable bonds is 6. The lowest BCUT2D eigenvalue weighted by Gasteiger charge is -2.16. The number of carbonyl (C=O) groups excluding carboxylic acids is 2. The van der Waals surface area contributed by atoms with E-state index in [0.717, 1.165) is 12.0 Å². The lowest BCUT2D eigenvalue weighted by atomic mass is 10.1. The highest BCUT2D eigenvalue weighted by Gasteiger charge is 2.33. The highest BCUT2D eigenvalue weighted by molar-refractivity contribution is 5.89. The van der Waals surface area contributed by atoms with E-state index in [9.17, 15) is 9.59 Å². The van der Waals surface area contributed by atoms with E-state index in [-0.39, 0.29) is 17.7 Å². The minimum Gasteiger partial charge on any atom is -0.352 e. The maximum Gasteiger partial charge on any atom is 0.225 e. The molecule has 0 saturated carbocycles. The van der Waals surface area contributed by atoms with Crippen LogP contribution in [0.25, 0.3) is 0 Å². The minimum absolute atomic E-state index is 0.0314. The molecule has 2 aromatic rings. The zero-order chi connectivity index (χ0) is 17.6. The van der Waals surface area contributed by atoms with Gasteiger partial charge in [-0.1, -0.05) is 60.2 Å². The number of aryl methyl sites for hydroxylation is 1. The van der Waals surface area contributed by atoms with Crippen LogP contribution in [0.2, 0.25) is 0 Å². The molecule has 2 amide bonds. The van der Waals surface area contributed by atoms with Gasteiger partial charge in [-0.15, -0.1) is 0 Å². The fourth-order valence-electron chi connectivity index (χ4n) is 3.11. The van der Waals surface area contributed by atoms with Gasteiger partial charge in [-0.3, -0.25) is 9.59 Å². The third kappa shape index (κ3) is 4.69. The highest BCUT2D eigenvalue weighted by atomic mass is 16.2. The average Bonchev–Trinajstić information content (AvgIpc) is 3.01. The summed E-state index contributed by atoms with van der Waals surface area (Å²) in [7, 11) is 0. The number of likely N-dealkylation sites (tertiary alicyclic amines) is 1. The van der Waals surface area contributed by atoms with Gasteiger partial charge in [0.05, 0.1) is 5.92 Å². The maximum atomic E-state index is 12.4. The summed E-state index contributed by atoms with van der Waals surface area (Å²) in [5.41, 5.74) is 3.48. The zero-order valence-electron chi connectivity index (χ0n) is 14.6. The maximum absolute atomic E-state index is 12.4. The fourth-order valence-corrected chi connectivity index (χ4v) is 3.11. The number of benzene rings is 2. The number of hydrogen-bond donors (Lipinski definition) is 1. The van der Waals surface area contributed by atoms with Crippen molar-refractivity contribution in [2.45, 2.75) is 26.3 Å². The van der Waals surface area contributed by atoms with E-state index in [1.807, 2.05) is 54.3 Å². The van der Waals surface area contributed by atoms with Gasteiger partial charge in [0.15, 0.2) is 0 Å². The normalized spacial score (nSPS) is 16.9. The van der Waals surface area contributed by atoms with Crippen molar-refractivity contribution in [1.82, 2.24) is 10.2 Å². The van der Waals surface area contributed by atoms with Crippen LogP contribution in [-0.4, -0.2) is 29.8 Å². The Hall–Kier alpha value is -2.62. The Bertz CT molecular complexity index is 725. The van der Waals surface area contributed by atoms with Gasteiger partial charge in [-0.05, 0) is 24.5 Å². The molecule has 2 aromatic carbocycles. The molecule has 3 rings (SSSR count). The summed E-state index contributed by atoms with van der Waals surface area (Å²) in [5, 5.41) is 2.96. The van der Waals surface area contributed by atoms with Crippen LogP contribution in [-0.2, 0) is 22.6 Å². The van der Waals surface area contributed by atoms with Crippen molar-refractivity contribution in [1.29, 1.82) is 0 Å². The van der Waals surface area contributed by atoms with Crippen LogP contribution in [0.3, 0.4) is 0 Å². The summed E-state index contributed by atoms with van der Waals surface area (Å²) in [4.78, 5) is 26.3. The van der Waals surface area contributed by atoms with Crippen molar-refractivity contribution in [3.8, 4) is 0 Å². The van der Waals surface area contributed by atoms with Crippen LogP contribution >= 0.6 is 0 Å². The Labute approximate surface area is 148 Å². The SMILES string of the molecule is Cc1ccc(CNC(=O)C2CC(=O)N(CCc3ccccc3)C2)cc1. The molecule has 1 atom stereocenters. The van der Waals surface area contributed by atoms with E-state index < -0.39 is 0 Å². The fraction of sp³-hybridized carbons (Fsp3) is 0.333. The van der Waals surface area contributed by atoms with Crippen molar-refractivity contribution < 1.29 is 9.59 Å². The Morgan fingerprint density at radius 2 is 1.80 bits per heavy atom. The van der Waals surface area contributed by atoms with Crippen LogP contribution < -0.4 is 5.32 Å². The molecular weight excluding hydrogens is 312 g/mol. The van der Waals surface area contributed by atoms with E-state index >= 15 is 0 Å². The lowest BCUT2D eigenvalue weighted by Crippen LogP contribution is -2.33. The van der Waals surface area contributed by atoms with Gasteiger partial charge >= 0.3 is 0 Å². The molecule has 4 heteroatoms. The number of carbonyl (C=O) groups is 2.